The van der Waals surface area contributed by atoms with Gasteiger partial charge in [-0.05, 0) is 55.7 Å². The zero-order valence-corrected chi connectivity index (χ0v) is 20.2. The van der Waals surface area contributed by atoms with Crippen molar-refractivity contribution in [3.63, 3.8) is 0 Å². The number of ether oxygens (including phenoxy) is 5. The third-order valence-corrected chi connectivity index (χ3v) is 6.60. The number of fused-ring (bicyclic) bond motifs is 2. The molecule has 2 aliphatic rings. The fraction of sp³-hybridized carbons (Fsp3) is 0.480. The minimum Gasteiger partial charge on any atom is -0.494 e. The lowest BCUT2D eigenvalue weighted by Gasteiger charge is -2.46. The lowest BCUT2D eigenvalue weighted by molar-refractivity contribution is -0.329. The molecule has 2 saturated heterocycles. The summed E-state index contributed by atoms with van der Waals surface area (Å²) in [5.41, 5.74) is 0.526. The standard InChI is InChI=1S/C25H29ClO9/c1-3-31-18-8-5-15(6-9-18)11-16-12-17(7-10-19(16)26)25-22(29)20(27)21(28)24(35-25,14-34-25)13-33-23(30)32-4-2/h5-10,12,20-22,27-29H,3-4,11,13-14H2,1-2H3/t20-,21-,22+,24-,25-/m0/s1. The van der Waals surface area contributed by atoms with Crippen molar-refractivity contribution in [3.8, 4) is 5.75 Å². The van der Waals surface area contributed by atoms with Gasteiger partial charge in [-0.25, -0.2) is 4.79 Å². The van der Waals surface area contributed by atoms with Gasteiger partial charge < -0.3 is 39.0 Å². The van der Waals surface area contributed by atoms with Crippen molar-refractivity contribution >= 4 is 17.8 Å². The molecule has 2 aromatic rings. The van der Waals surface area contributed by atoms with Crippen LogP contribution in [0, 0.1) is 0 Å². The fourth-order valence-corrected chi connectivity index (χ4v) is 4.60. The van der Waals surface area contributed by atoms with Crippen LogP contribution in [0.5, 0.6) is 5.75 Å². The average molecular weight is 509 g/mol. The van der Waals surface area contributed by atoms with Crippen LogP contribution in [-0.2, 0) is 31.2 Å². The highest BCUT2D eigenvalue weighted by atomic mass is 35.5. The predicted octanol–water partition coefficient (Wildman–Crippen LogP) is 2.54. The molecule has 2 bridgehead atoms. The number of benzene rings is 2. The summed E-state index contributed by atoms with van der Waals surface area (Å²) in [6.07, 6.45) is -5.27. The zero-order valence-electron chi connectivity index (χ0n) is 19.5. The number of aliphatic hydroxyl groups excluding tert-OH is 3. The summed E-state index contributed by atoms with van der Waals surface area (Å²) in [6, 6.07) is 12.6. The Morgan fingerprint density at radius 2 is 1.80 bits per heavy atom. The molecule has 0 unspecified atom stereocenters. The first-order chi connectivity index (χ1) is 16.7. The third kappa shape index (κ3) is 4.84. The smallest absolute Gasteiger partial charge is 0.494 e. The van der Waals surface area contributed by atoms with Crippen LogP contribution >= 0.6 is 11.6 Å². The van der Waals surface area contributed by atoms with E-state index in [1.165, 1.54) is 0 Å². The van der Waals surface area contributed by atoms with E-state index in [2.05, 4.69) is 0 Å². The molecule has 0 saturated carbocycles. The summed E-state index contributed by atoms with van der Waals surface area (Å²) in [5, 5.41) is 32.7. The molecule has 3 N–H and O–H groups in total. The molecule has 2 heterocycles. The molecular weight excluding hydrogens is 480 g/mol. The summed E-state index contributed by atoms with van der Waals surface area (Å²) < 4.78 is 27.3. The number of hydrogen-bond donors (Lipinski definition) is 3. The first-order valence-electron chi connectivity index (χ1n) is 11.4. The highest BCUT2D eigenvalue weighted by Gasteiger charge is 2.67. The molecule has 2 aliphatic heterocycles. The van der Waals surface area contributed by atoms with Crippen LogP contribution in [0.4, 0.5) is 4.79 Å². The Kier molecular flexibility index (Phi) is 7.56. The SMILES string of the molecule is CCOC(=O)OC[C@@]12CO[C@@](c3ccc(Cl)c(Cc4ccc(OCC)cc4)c3)(O1)[C@H](O)[C@@H](O)[C@@H]2O. The van der Waals surface area contributed by atoms with E-state index in [1.807, 2.05) is 31.2 Å². The fourth-order valence-electron chi connectivity index (χ4n) is 4.42. The lowest BCUT2D eigenvalue weighted by Crippen LogP contribution is -2.65. The Balaban J connectivity index is 1.61. The van der Waals surface area contributed by atoms with Crippen molar-refractivity contribution in [2.24, 2.45) is 0 Å². The van der Waals surface area contributed by atoms with Crippen molar-refractivity contribution in [2.45, 2.75) is 50.0 Å². The van der Waals surface area contributed by atoms with E-state index >= 15 is 0 Å². The third-order valence-electron chi connectivity index (χ3n) is 6.23. The number of halogens is 1. The van der Waals surface area contributed by atoms with Gasteiger partial charge in [0.25, 0.3) is 0 Å². The van der Waals surface area contributed by atoms with Crippen molar-refractivity contribution in [2.75, 3.05) is 26.4 Å². The molecule has 2 fully saturated rings. The minimum atomic E-state index is -1.80. The Morgan fingerprint density at radius 3 is 2.49 bits per heavy atom. The van der Waals surface area contributed by atoms with Crippen LogP contribution in [0.1, 0.15) is 30.5 Å². The highest BCUT2D eigenvalue weighted by molar-refractivity contribution is 6.31. The monoisotopic (exact) mass is 508 g/mol. The molecule has 0 amide bonds. The molecule has 0 radical (unpaired) electrons. The second-order valence-corrected chi connectivity index (χ2v) is 8.94. The molecule has 0 spiro atoms. The van der Waals surface area contributed by atoms with Crippen molar-refractivity contribution in [3.05, 3.63) is 64.2 Å². The van der Waals surface area contributed by atoms with E-state index in [0.717, 1.165) is 16.9 Å². The first kappa shape index (κ1) is 25.7. The van der Waals surface area contributed by atoms with Crippen LogP contribution in [0.3, 0.4) is 0 Å². The number of hydrogen-bond acceptors (Lipinski definition) is 9. The van der Waals surface area contributed by atoms with Gasteiger partial charge in [0.15, 0.2) is 5.60 Å². The van der Waals surface area contributed by atoms with Crippen LogP contribution < -0.4 is 4.74 Å². The zero-order chi connectivity index (χ0) is 25.2. The maximum Gasteiger partial charge on any atom is 0.508 e. The maximum absolute atomic E-state index is 11.7. The summed E-state index contributed by atoms with van der Waals surface area (Å²) >= 11 is 6.47. The summed E-state index contributed by atoms with van der Waals surface area (Å²) in [7, 11) is 0. The number of aliphatic hydroxyl groups is 3. The maximum atomic E-state index is 11.7. The van der Waals surface area contributed by atoms with E-state index in [-0.39, 0.29) is 13.2 Å². The summed E-state index contributed by atoms with van der Waals surface area (Å²) in [4.78, 5) is 11.7. The Morgan fingerprint density at radius 1 is 1.06 bits per heavy atom. The number of carbonyl (C=O) groups is 1. The first-order valence-corrected chi connectivity index (χ1v) is 11.8. The van der Waals surface area contributed by atoms with Gasteiger partial charge in [-0.3, -0.25) is 0 Å². The van der Waals surface area contributed by atoms with Gasteiger partial charge in [0.1, 0.15) is 30.7 Å². The minimum absolute atomic E-state index is 0.110. The van der Waals surface area contributed by atoms with Gasteiger partial charge in [-0.2, -0.15) is 0 Å². The quantitative estimate of drug-likeness (QED) is 0.461. The Bertz CT molecular complexity index is 1050. The van der Waals surface area contributed by atoms with Crippen LogP contribution in [0.25, 0.3) is 0 Å². The van der Waals surface area contributed by atoms with Crippen molar-refractivity contribution < 1.29 is 43.8 Å². The molecule has 9 nitrogen and oxygen atoms in total. The molecule has 10 heteroatoms. The van der Waals surface area contributed by atoms with E-state index in [1.54, 1.807) is 25.1 Å². The Hall–Kier alpha value is -2.40. The van der Waals surface area contributed by atoms with E-state index in [0.29, 0.717) is 23.6 Å². The summed E-state index contributed by atoms with van der Waals surface area (Å²) in [5.74, 6) is -1.03. The van der Waals surface area contributed by atoms with Gasteiger partial charge in [0, 0.05) is 10.6 Å². The second kappa shape index (κ2) is 10.3. The van der Waals surface area contributed by atoms with Crippen molar-refractivity contribution in [1.29, 1.82) is 0 Å². The molecule has 190 valence electrons. The van der Waals surface area contributed by atoms with Crippen LogP contribution in [0.15, 0.2) is 42.5 Å². The molecular formula is C25H29ClO9. The van der Waals surface area contributed by atoms with Crippen molar-refractivity contribution in [1.82, 2.24) is 0 Å². The summed E-state index contributed by atoms with van der Waals surface area (Å²) in [6.45, 7) is 3.55. The van der Waals surface area contributed by atoms with Gasteiger partial charge in [0.05, 0.1) is 19.8 Å². The molecule has 0 aliphatic carbocycles. The molecule has 35 heavy (non-hydrogen) atoms. The topological polar surface area (TPSA) is 124 Å². The molecule has 2 aromatic carbocycles. The second-order valence-electron chi connectivity index (χ2n) is 8.53. The molecule has 0 aromatic heterocycles. The van der Waals surface area contributed by atoms with Crippen LogP contribution in [0.2, 0.25) is 5.02 Å². The predicted molar refractivity (Wildman–Crippen MR) is 124 cm³/mol. The number of rotatable bonds is 8. The average Bonchev–Trinajstić information content (AvgIpc) is 3.23. The van der Waals surface area contributed by atoms with E-state index < -0.39 is 42.5 Å². The van der Waals surface area contributed by atoms with Crippen LogP contribution in [-0.4, -0.2) is 71.8 Å². The molecule has 5 atom stereocenters. The number of carbonyl (C=O) groups excluding carboxylic acids is 1. The van der Waals surface area contributed by atoms with Gasteiger partial charge in [0.2, 0.25) is 5.79 Å². The van der Waals surface area contributed by atoms with Gasteiger partial charge in [-0.1, -0.05) is 29.8 Å². The Labute approximate surface area is 208 Å². The highest BCUT2D eigenvalue weighted by Crippen LogP contribution is 2.50. The lowest BCUT2D eigenvalue weighted by atomic mass is 9.83. The normalized spacial score (nSPS) is 29.6. The largest absolute Gasteiger partial charge is 0.508 e. The van der Waals surface area contributed by atoms with Gasteiger partial charge in [-0.15, -0.1) is 0 Å². The van der Waals surface area contributed by atoms with E-state index in [4.69, 9.17) is 35.3 Å². The molecule has 4 rings (SSSR count). The van der Waals surface area contributed by atoms with Gasteiger partial charge >= 0.3 is 6.16 Å². The van der Waals surface area contributed by atoms with E-state index in [9.17, 15) is 20.1 Å².